The first-order chi connectivity index (χ1) is 8.43. The van der Waals surface area contributed by atoms with Crippen LogP contribution in [0.2, 0.25) is 0 Å². The van der Waals surface area contributed by atoms with E-state index in [1.54, 1.807) is 0 Å². The van der Waals surface area contributed by atoms with Gasteiger partial charge in [0.25, 0.3) is 0 Å². The van der Waals surface area contributed by atoms with Gasteiger partial charge in [-0.15, -0.1) is 0 Å². The van der Waals surface area contributed by atoms with Gasteiger partial charge in [0.05, 0.1) is 19.1 Å². The summed E-state index contributed by atoms with van der Waals surface area (Å²) in [7, 11) is 0. The van der Waals surface area contributed by atoms with Crippen molar-refractivity contribution in [3.05, 3.63) is 0 Å². The number of ether oxygens (including phenoxy) is 1. The molecule has 1 aliphatic rings. The second-order valence-corrected chi connectivity index (χ2v) is 5.89. The molecule has 106 valence electrons. The molecule has 4 unspecified atom stereocenters. The Morgan fingerprint density at radius 1 is 1.39 bits per heavy atom. The van der Waals surface area contributed by atoms with Crippen LogP contribution in [0.15, 0.2) is 0 Å². The minimum atomic E-state index is -1.00. The summed E-state index contributed by atoms with van der Waals surface area (Å²) in [5, 5.41) is 17.9. The van der Waals surface area contributed by atoms with Gasteiger partial charge in [0.15, 0.2) is 0 Å². The molecular formula is C14H26O4. The number of aliphatic hydroxyl groups is 2. The van der Waals surface area contributed by atoms with Crippen molar-refractivity contribution in [2.45, 2.75) is 58.7 Å². The van der Waals surface area contributed by atoms with Gasteiger partial charge in [0.1, 0.15) is 6.10 Å². The van der Waals surface area contributed by atoms with Gasteiger partial charge in [-0.25, -0.2) is 0 Å². The molecule has 0 aromatic rings. The van der Waals surface area contributed by atoms with Gasteiger partial charge in [-0.05, 0) is 30.6 Å². The Kier molecular flexibility index (Phi) is 6.09. The predicted octanol–water partition coefficient (Wildman–Crippen LogP) is 1.73. The summed E-state index contributed by atoms with van der Waals surface area (Å²) in [6.45, 7) is 6.10. The topological polar surface area (TPSA) is 66.8 Å². The third-order valence-electron chi connectivity index (χ3n) is 3.86. The summed E-state index contributed by atoms with van der Waals surface area (Å²) in [4.78, 5) is 11.7. The summed E-state index contributed by atoms with van der Waals surface area (Å²) < 4.78 is 5.50. The van der Waals surface area contributed by atoms with E-state index >= 15 is 0 Å². The lowest BCUT2D eigenvalue weighted by atomic mass is 9.75. The number of hydrogen-bond donors (Lipinski definition) is 2. The molecule has 0 heterocycles. The molecule has 0 spiro atoms. The zero-order chi connectivity index (χ0) is 13.7. The van der Waals surface area contributed by atoms with Crippen LogP contribution >= 0.6 is 0 Å². The van der Waals surface area contributed by atoms with Crippen LogP contribution < -0.4 is 0 Å². The third kappa shape index (κ3) is 4.58. The number of carbonyl (C=O) groups is 1. The maximum absolute atomic E-state index is 11.7. The monoisotopic (exact) mass is 258 g/mol. The quantitative estimate of drug-likeness (QED) is 0.737. The van der Waals surface area contributed by atoms with Gasteiger partial charge >= 0.3 is 5.97 Å². The van der Waals surface area contributed by atoms with E-state index in [1.165, 1.54) is 6.42 Å². The van der Waals surface area contributed by atoms with Gasteiger partial charge in [0.2, 0.25) is 0 Å². The fourth-order valence-electron chi connectivity index (χ4n) is 2.72. The van der Waals surface area contributed by atoms with Crippen LogP contribution in [-0.2, 0) is 9.53 Å². The Bertz CT molecular complexity index is 265. The van der Waals surface area contributed by atoms with Crippen LogP contribution in [0.1, 0.15) is 46.5 Å². The van der Waals surface area contributed by atoms with E-state index in [1.807, 2.05) is 0 Å². The van der Waals surface area contributed by atoms with Gasteiger partial charge in [0, 0.05) is 0 Å². The standard InChI is InChI=1S/C14H26O4/c1-9(2)12-5-4-10(3)6-13(12)18-14(17)7-11(16)8-15/h9-13,15-16H,4-8H2,1-3H3. The molecule has 18 heavy (non-hydrogen) atoms. The van der Waals surface area contributed by atoms with Crippen molar-refractivity contribution in [1.29, 1.82) is 0 Å². The predicted molar refractivity (Wildman–Crippen MR) is 68.9 cm³/mol. The Balaban J connectivity index is 2.52. The van der Waals surface area contributed by atoms with Gasteiger partial charge in [-0.3, -0.25) is 4.79 Å². The molecule has 1 saturated carbocycles. The fourth-order valence-corrected chi connectivity index (χ4v) is 2.72. The molecule has 0 bridgehead atoms. The van der Waals surface area contributed by atoms with Crippen LogP contribution in [0, 0.1) is 17.8 Å². The molecule has 0 amide bonds. The molecule has 0 radical (unpaired) electrons. The average Bonchev–Trinajstić information content (AvgIpc) is 2.28. The van der Waals surface area contributed by atoms with E-state index in [9.17, 15) is 9.90 Å². The summed E-state index contributed by atoms with van der Waals surface area (Å²) in [5.41, 5.74) is 0. The van der Waals surface area contributed by atoms with Crippen molar-refractivity contribution in [2.75, 3.05) is 6.61 Å². The van der Waals surface area contributed by atoms with E-state index < -0.39 is 18.7 Å². The SMILES string of the molecule is CC1CCC(C(C)C)C(OC(=O)CC(O)CO)C1. The number of esters is 1. The summed E-state index contributed by atoms with van der Waals surface area (Å²) in [5.74, 6) is 1.09. The first-order valence-electron chi connectivity index (χ1n) is 6.92. The highest BCUT2D eigenvalue weighted by Gasteiger charge is 2.33. The molecule has 4 nitrogen and oxygen atoms in total. The Labute approximate surface area is 109 Å². The van der Waals surface area contributed by atoms with Gasteiger partial charge in [-0.1, -0.05) is 27.2 Å². The molecule has 0 aliphatic heterocycles. The third-order valence-corrected chi connectivity index (χ3v) is 3.86. The lowest BCUT2D eigenvalue weighted by Crippen LogP contribution is -2.36. The number of aliphatic hydroxyl groups excluding tert-OH is 2. The number of hydrogen-bond acceptors (Lipinski definition) is 4. The van der Waals surface area contributed by atoms with Crippen LogP contribution in [0.25, 0.3) is 0 Å². The Hall–Kier alpha value is -0.610. The highest BCUT2D eigenvalue weighted by molar-refractivity contribution is 5.70. The molecule has 1 rings (SSSR count). The van der Waals surface area contributed by atoms with Crippen LogP contribution in [0.5, 0.6) is 0 Å². The van der Waals surface area contributed by atoms with Gasteiger partial charge < -0.3 is 14.9 Å². The van der Waals surface area contributed by atoms with Crippen molar-refractivity contribution in [3.63, 3.8) is 0 Å². The van der Waals surface area contributed by atoms with Crippen molar-refractivity contribution in [2.24, 2.45) is 17.8 Å². The highest BCUT2D eigenvalue weighted by Crippen LogP contribution is 2.35. The summed E-state index contributed by atoms with van der Waals surface area (Å²) in [6.07, 6.45) is 2.04. The van der Waals surface area contributed by atoms with E-state index in [2.05, 4.69) is 20.8 Å². The maximum atomic E-state index is 11.7. The Morgan fingerprint density at radius 3 is 2.61 bits per heavy atom. The average molecular weight is 258 g/mol. The molecule has 0 aromatic carbocycles. The van der Waals surface area contributed by atoms with Crippen molar-refractivity contribution >= 4 is 5.97 Å². The van der Waals surface area contributed by atoms with Crippen LogP contribution in [0.4, 0.5) is 0 Å². The molecule has 4 atom stereocenters. The molecule has 1 fully saturated rings. The van der Waals surface area contributed by atoms with E-state index in [4.69, 9.17) is 9.84 Å². The Morgan fingerprint density at radius 2 is 2.06 bits per heavy atom. The highest BCUT2D eigenvalue weighted by atomic mass is 16.5. The van der Waals surface area contributed by atoms with E-state index in [-0.39, 0.29) is 12.5 Å². The molecule has 4 heteroatoms. The smallest absolute Gasteiger partial charge is 0.308 e. The first-order valence-corrected chi connectivity index (χ1v) is 6.92. The lowest BCUT2D eigenvalue weighted by Gasteiger charge is -2.36. The fraction of sp³-hybridized carbons (Fsp3) is 0.929. The largest absolute Gasteiger partial charge is 0.462 e. The van der Waals surface area contributed by atoms with Gasteiger partial charge in [-0.2, -0.15) is 0 Å². The molecule has 2 N–H and O–H groups in total. The molecule has 0 saturated heterocycles. The van der Waals surface area contributed by atoms with Crippen LogP contribution in [0.3, 0.4) is 0 Å². The van der Waals surface area contributed by atoms with Crippen molar-refractivity contribution in [3.8, 4) is 0 Å². The number of carbonyl (C=O) groups excluding carboxylic acids is 1. The summed E-state index contributed by atoms with van der Waals surface area (Å²) in [6, 6.07) is 0. The maximum Gasteiger partial charge on any atom is 0.308 e. The molecule has 1 aliphatic carbocycles. The molecule has 0 aromatic heterocycles. The van der Waals surface area contributed by atoms with E-state index in [0.29, 0.717) is 17.8 Å². The molecular weight excluding hydrogens is 232 g/mol. The number of rotatable bonds is 5. The first kappa shape index (κ1) is 15.4. The second kappa shape index (κ2) is 7.10. The normalized spacial score (nSPS) is 30.2. The van der Waals surface area contributed by atoms with Crippen molar-refractivity contribution in [1.82, 2.24) is 0 Å². The lowest BCUT2D eigenvalue weighted by molar-refractivity contribution is -0.158. The minimum absolute atomic E-state index is 0.0351. The summed E-state index contributed by atoms with van der Waals surface area (Å²) >= 11 is 0. The van der Waals surface area contributed by atoms with Crippen LogP contribution in [-0.4, -0.2) is 35.0 Å². The minimum Gasteiger partial charge on any atom is -0.462 e. The van der Waals surface area contributed by atoms with Crippen molar-refractivity contribution < 1.29 is 19.7 Å². The van der Waals surface area contributed by atoms with E-state index in [0.717, 1.165) is 12.8 Å². The zero-order valence-electron chi connectivity index (χ0n) is 11.6. The second-order valence-electron chi connectivity index (χ2n) is 5.89. The zero-order valence-corrected chi connectivity index (χ0v) is 11.6.